The zero-order valence-electron chi connectivity index (χ0n) is 9.69. The van der Waals surface area contributed by atoms with E-state index in [9.17, 15) is 9.90 Å². The van der Waals surface area contributed by atoms with E-state index in [0.29, 0.717) is 12.0 Å². The van der Waals surface area contributed by atoms with Gasteiger partial charge in [0.2, 0.25) is 5.91 Å². The number of hydrogen-bond acceptors (Lipinski definition) is 3. The minimum atomic E-state index is -0.360. The number of amides is 1. The number of carbonyl (C=O) groups excluding carboxylic acids is 1. The van der Waals surface area contributed by atoms with Crippen molar-refractivity contribution in [2.24, 2.45) is 11.7 Å². The summed E-state index contributed by atoms with van der Waals surface area (Å²) in [5.74, 6) is 0.525. The number of aliphatic hydroxyl groups is 1. The Hall–Kier alpha value is -0.610. The van der Waals surface area contributed by atoms with Crippen LogP contribution in [0.2, 0.25) is 0 Å². The summed E-state index contributed by atoms with van der Waals surface area (Å²) in [7, 11) is 0. The van der Waals surface area contributed by atoms with Crippen molar-refractivity contribution < 1.29 is 9.90 Å². The number of carbonyl (C=O) groups is 1. The van der Waals surface area contributed by atoms with E-state index in [-0.39, 0.29) is 18.1 Å². The Morgan fingerprint density at radius 1 is 1.25 bits per heavy atom. The van der Waals surface area contributed by atoms with Crippen LogP contribution >= 0.6 is 0 Å². The summed E-state index contributed by atoms with van der Waals surface area (Å²) in [4.78, 5) is 11.6. The number of rotatable bonds is 4. The third kappa shape index (κ3) is 3.46. The van der Waals surface area contributed by atoms with E-state index in [1.54, 1.807) is 0 Å². The molecule has 1 amide bonds. The summed E-state index contributed by atoms with van der Waals surface area (Å²) in [6.07, 6.45) is 6.58. The Kier molecular flexibility index (Phi) is 3.82. The van der Waals surface area contributed by atoms with Crippen LogP contribution in [-0.4, -0.2) is 29.2 Å². The first-order valence-electron chi connectivity index (χ1n) is 6.39. The van der Waals surface area contributed by atoms with E-state index in [2.05, 4.69) is 5.32 Å². The first kappa shape index (κ1) is 11.9. The van der Waals surface area contributed by atoms with Gasteiger partial charge in [0.1, 0.15) is 0 Å². The van der Waals surface area contributed by atoms with Crippen LogP contribution < -0.4 is 11.1 Å². The number of nitrogens with two attached hydrogens (primary N) is 1. The second-order valence-electron chi connectivity index (χ2n) is 5.30. The van der Waals surface area contributed by atoms with Gasteiger partial charge in [-0.1, -0.05) is 0 Å². The van der Waals surface area contributed by atoms with Crippen molar-refractivity contribution in [3.63, 3.8) is 0 Å². The molecule has 2 saturated carbocycles. The van der Waals surface area contributed by atoms with Crippen LogP contribution in [0, 0.1) is 5.92 Å². The molecule has 0 saturated heterocycles. The molecule has 92 valence electrons. The molecular formula is C12H22N2O2. The Morgan fingerprint density at radius 3 is 2.44 bits per heavy atom. The van der Waals surface area contributed by atoms with Crippen LogP contribution in [0.25, 0.3) is 0 Å². The first-order valence-corrected chi connectivity index (χ1v) is 6.39. The lowest BCUT2D eigenvalue weighted by Gasteiger charge is -2.27. The van der Waals surface area contributed by atoms with Crippen LogP contribution in [0.1, 0.15) is 44.9 Å². The maximum absolute atomic E-state index is 11.6. The van der Waals surface area contributed by atoms with Crippen LogP contribution in [-0.2, 0) is 4.79 Å². The molecule has 4 N–H and O–H groups in total. The van der Waals surface area contributed by atoms with Gasteiger partial charge in [0, 0.05) is 6.04 Å². The molecule has 0 aliphatic heterocycles. The topological polar surface area (TPSA) is 75.3 Å². The Morgan fingerprint density at radius 2 is 1.88 bits per heavy atom. The molecule has 1 atom stereocenters. The van der Waals surface area contributed by atoms with Crippen molar-refractivity contribution >= 4 is 5.91 Å². The predicted octanol–water partition coefficient (Wildman–Crippen LogP) is 0.533. The predicted molar refractivity (Wildman–Crippen MR) is 61.7 cm³/mol. The van der Waals surface area contributed by atoms with Gasteiger partial charge in [0.15, 0.2) is 0 Å². The lowest BCUT2D eigenvalue weighted by atomic mass is 9.83. The van der Waals surface area contributed by atoms with Crippen LogP contribution in [0.4, 0.5) is 0 Å². The second kappa shape index (κ2) is 5.15. The highest BCUT2D eigenvalue weighted by atomic mass is 16.3. The standard InChI is InChI=1S/C12H22N2O2/c13-11(12(16)14-9-3-4-9)7-8-1-5-10(15)6-2-8/h8-11,15H,1-7,13H2,(H,14,16)/t8?,10?,11-/m0/s1. The maximum atomic E-state index is 11.6. The Labute approximate surface area is 96.6 Å². The molecule has 2 aliphatic rings. The molecule has 4 nitrogen and oxygen atoms in total. The van der Waals surface area contributed by atoms with E-state index in [1.165, 1.54) is 0 Å². The summed E-state index contributed by atoms with van der Waals surface area (Å²) in [6, 6.07) is 0.0348. The summed E-state index contributed by atoms with van der Waals surface area (Å²) in [6.45, 7) is 0. The fraction of sp³-hybridized carbons (Fsp3) is 0.917. The third-order valence-corrected chi connectivity index (χ3v) is 3.66. The normalized spacial score (nSPS) is 32.1. The van der Waals surface area contributed by atoms with Crippen LogP contribution in [0.3, 0.4) is 0 Å². The molecule has 0 heterocycles. The molecule has 16 heavy (non-hydrogen) atoms. The summed E-state index contributed by atoms with van der Waals surface area (Å²) in [5.41, 5.74) is 5.88. The molecule has 0 bridgehead atoms. The molecule has 0 aromatic carbocycles. The molecule has 2 fully saturated rings. The Balaban J connectivity index is 1.69. The Bertz CT molecular complexity index is 245. The van der Waals surface area contributed by atoms with Gasteiger partial charge in [-0.3, -0.25) is 4.79 Å². The highest BCUT2D eigenvalue weighted by Crippen LogP contribution is 2.27. The van der Waals surface area contributed by atoms with E-state index in [4.69, 9.17) is 5.73 Å². The summed E-state index contributed by atoms with van der Waals surface area (Å²) < 4.78 is 0. The molecule has 0 radical (unpaired) electrons. The van der Waals surface area contributed by atoms with Crippen molar-refractivity contribution in [2.75, 3.05) is 0 Å². The van der Waals surface area contributed by atoms with E-state index >= 15 is 0 Å². The maximum Gasteiger partial charge on any atom is 0.237 e. The van der Waals surface area contributed by atoms with Gasteiger partial charge in [0.25, 0.3) is 0 Å². The molecule has 4 heteroatoms. The van der Waals surface area contributed by atoms with Gasteiger partial charge in [-0.05, 0) is 50.9 Å². The van der Waals surface area contributed by atoms with E-state index in [1.807, 2.05) is 0 Å². The highest BCUT2D eigenvalue weighted by molar-refractivity contribution is 5.82. The van der Waals surface area contributed by atoms with Crippen LogP contribution in [0.15, 0.2) is 0 Å². The average Bonchev–Trinajstić information content (AvgIpc) is 3.05. The fourth-order valence-corrected chi connectivity index (χ4v) is 2.38. The van der Waals surface area contributed by atoms with Gasteiger partial charge < -0.3 is 16.2 Å². The molecule has 2 aliphatic carbocycles. The quantitative estimate of drug-likeness (QED) is 0.654. The third-order valence-electron chi connectivity index (χ3n) is 3.66. The number of hydrogen-bond donors (Lipinski definition) is 3. The lowest BCUT2D eigenvalue weighted by Crippen LogP contribution is -2.43. The second-order valence-corrected chi connectivity index (χ2v) is 5.30. The molecule has 2 rings (SSSR count). The molecule has 0 unspecified atom stereocenters. The monoisotopic (exact) mass is 226 g/mol. The van der Waals surface area contributed by atoms with Gasteiger partial charge in [-0.15, -0.1) is 0 Å². The largest absolute Gasteiger partial charge is 0.393 e. The highest BCUT2D eigenvalue weighted by Gasteiger charge is 2.28. The molecular weight excluding hydrogens is 204 g/mol. The molecule has 0 spiro atoms. The SMILES string of the molecule is N[C@@H](CC1CCC(O)CC1)C(=O)NC1CC1. The molecule has 0 aromatic heterocycles. The number of nitrogens with one attached hydrogen (secondary N) is 1. The zero-order valence-corrected chi connectivity index (χ0v) is 9.69. The zero-order chi connectivity index (χ0) is 11.5. The number of aliphatic hydroxyl groups excluding tert-OH is 1. The smallest absolute Gasteiger partial charge is 0.237 e. The summed E-state index contributed by atoms with van der Waals surface area (Å²) in [5, 5.41) is 12.3. The van der Waals surface area contributed by atoms with Crippen molar-refractivity contribution in [3.8, 4) is 0 Å². The minimum Gasteiger partial charge on any atom is -0.393 e. The van der Waals surface area contributed by atoms with Gasteiger partial charge in [0.05, 0.1) is 12.1 Å². The first-order chi connectivity index (χ1) is 7.65. The van der Waals surface area contributed by atoms with Crippen molar-refractivity contribution in [1.29, 1.82) is 0 Å². The van der Waals surface area contributed by atoms with Crippen molar-refractivity contribution in [2.45, 2.75) is 63.1 Å². The lowest BCUT2D eigenvalue weighted by molar-refractivity contribution is -0.123. The van der Waals surface area contributed by atoms with Crippen molar-refractivity contribution in [1.82, 2.24) is 5.32 Å². The summed E-state index contributed by atoms with van der Waals surface area (Å²) >= 11 is 0. The molecule has 0 aromatic rings. The minimum absolute atomic E-state index is 0.00798. The van der Waals surface area contributed by atoms with Crippen LogP contribution in [0.5, 0.6) is 0 Å². The van der Waals surface area contributed by atoms with Gasteiger partial charge in [-0.2, -0.15) is 0 Å². The fourth-order valence-electron chi connectivity index (χ4n) is 2.38. The van der Waals surface area contributed by atoms with E-state index < -0.39 is 0 Å². The average molecular weight is 226 g/mol. The van der Waals surface area contributed by atoms with Gasteiger partial charge in [-0.25, -0.2) is 0 Å². The van der Waals surface area contributed by atoms with Crippen molar-refractivity contribution in [3.05, 3.63) is 0 Å². The van der Waals surface area contributed by atoms with Gasteiger partial charge >= 0.3 is 0 Å². The van der Waals surface area contributed by atoms with E-state index in [0.717, 1.165) is 44.9 Å².